The molecule has 8 nitrogen and oxygen atoms in total. The second-order valence-electron chi connectivity index (χ2n) is 3.71. The zero-order valence-corrected chi connectivity index (χ0v) is 11.1. The molecule has 0 amide bonds. The van der Waals surface area contributed by atoms with E-state index in [1.54, 1.807) is 6.92 Å². The number of ether oxygens (including phenoxy) is 1. The van der Waals surface area contributed by atoms with Crippen molar-refractivity contribution in [2.45, 2.75) is 12.8 Å². The van der Waals surface area contributed by atoms with Gasteiger partial charge in [-0.15, -0.1) is 0 Å². The van der Waals surface area contributed by atoms with E-state index in [0.29, 0.717) is 0 Å². The molecule has 0 saturated carbocycles. The van der Waals surface area contributed by atoms with E-state index >= 15 is 0 Å². The standard InChI is InChI=1S/C11H8N4O4S.Na.H/c1-2-19-11(16)7(5-12)6-3-4-8(15(17)18)10-9(6)13-20-14-10;;/h3-4,7H,2H2,1H3;;. The third-order valence-electron chi connectivity index (χ3n) is 2.58. The fraction of sp³-hybridized carbons (Fsp3) is 0.273. The Morgan fingerprint density at radius 2 is 2.19 bits per heavy atom. The molecule has 0 radical (unpaired) electrons. The third kappa shape index (κ3) is 3.36. The Balaban J connectivity index is 0.00000220. The van der Waals surface area contributed by atoms with Gasteiger partial charge in [0.1, 0.15) is 5.52 Å². The Morgan fingerprint density at radius 1 is 1.52 bits per heavy atom. The molecule has 1 aromatic carbocycles. The van der Waals surface area contributed by atoms with Crippen LogP contribution >= 0.6 is 11.7 Å². The first kappa shape index (κ1) is 17.5. The van der Waals surface area contributed by atoms with Crippen molar-refractivity contribution >= 4 is 64.0 Å². The van der Waals surface area contributed by atoms with E-state index in [1.807, 2.05) is 6.07 Å². The molecule has 10 heteroatoms. The number of nitriles is 1. The Kier molecular flexibility index (Phi) is 6.17. The summed E-state index contributed by atoms with van der Waals surface area (Å²) in [5.41, 5.74) is 0.309. The number of benzene rings is 1. The predicted molar refractivity (Wildman–Crippen MR) is 76.2 cm³/mol. The first-order chi connectivity index (χ1) is 9.60. The molecule has 1 aromatic heterocycles. The van der Waals surface area contributed by atoms with Gasteiger partial charge in [-0.3, -0.25) is 14.9 Å². The molecule has 0 saturated heterocycles. The van der Waals surface area contributed by atoms with Gasteiger partial charge in [-0.1, -0.05) is 0 Å². The first-order valence-corrected chi connectivity index (χ1v) is 6.29. The SMILES string of the molecule is CCOC(=O)C(C#N)c1ccc([N+](=O)[O-])c2nsnc12.[NaH]. The molecule has 0 bridgehead atoms. The van der Waals surface area contributed by atoms with Gasteiger partial charge in [-0.05, 0) is 13.0 Å². The monoisotopic (exact) mass is 316 g/mol. The molecule has 1 heterocycles. The number of aromatic nitrogens is 2. The normalized spacial score (nSPS) is 11.2. The second kappa shape index (κ2) is 7.42. The van der Waals surface area contributed by atoms with Crippen molar-refractivity contribution in [1.29, 1.82) is 5.26 Å². The summed E-state index contributed by atoms with van der Waals surface area (Å²) in [4.78, 5) is 22.0. The van der Waals surface area contributed by atoms with Crippen molar-refractivity contribution in [3.05, 3.63) is 27.8 Å². The average Bonchev–Trinajstić information content (AvgIpc) is 2.88. The van der Waals surface area contributed by atoms with Crippen molar-refractivity contribution < 1.29 is 14.5 Å². The second-order valence-corrected chi connectivity index (χ2v) is 4.24. The van der Waals surface area contributed by atoms with Gasteiger partial charge in [0.15, 0.2) is 11.4 Å². The van der Waals surface area contributed by atoms with Crippen LogP contribution in [0.15, 0.2) is 12.1 Å². The van der Waals surface area contributed by atoms with Crippen LogP contribution in [0.1, 0.15) is 18.4 Å². The van der Waals surface area contributed by atoms with E-state index in [9.17, 15) is 14.9 Å². The molecule has 0 aliphatic rings. The van der Waals surface area contributed by atoms with Crippen molar-refractivity contribution in [2.24, 2.45) is 0 Å². The number of nitrogens with zero attached hydrogens (tertiary/aromatic N) is 4. The third-order valence-corrected chi connectivity index (χ3v) is 3.11. The Labute approximate surface area is 145 Å². The number of esters is 1. The van der Waals surface area contributed by atoms with E-state index in [2.05, 4.69) is 8.75 Å². The van der Waals surface area contributed by atoms with Gasteiger partial charge in [0.25, 0.3) is 5.69 Å². The topological polar surface area (TPSA) is 119 Å². The molecule has 0 aliphatic heterocycles. The van der Waals surface area contributed by atoms with Crippen LogP contribution in [0.3, 0.4) is 0 Å². The summed E-state index contributed by atoms with van der Waals surface area (Å²) in [5, 5.41) is 20.0. The Bertz CT molecular complexity index is 727. The van der Waals surface area contributed by atoms with Gasteiger partial charge in [0.2, 0.25) is 0 Å². The number of fused-ring (bicyclic) bond motifs is 1. The Hall–Kier alpha value is -1.60. The van der Waals surface area contributed by atoms with Crippen LogP contribution in [0.25, 0.3) is 11.0 Å². The summed E-state index contributed by atoms with van der Waals surface area (Å²) in [6, 6.07) is 4.38. The minimum absolute atomic E-state index is 0. The summed E-state index contributed by atoms with van der Waals surface area (Å²) >= 11 is 0.786. The summed E-state index contributed by atoms with van der Waals surface area (Å²) in [7, 11) is 0. The minimum atomic E-state index is -1.18. The van der Waals surface area contributed by atoms with Crippen LogP contribution in [-0.2, 0) is 9.53 Å². The summed E-state index contributed by atoms with van der Waals surface area (Å²) in [5.74, 6) is -1.89. The summed E-state index contributed by atoms with van der Waals surface area (Å²) in [6.07, 6.45) is 0. The fourth-order valence-corrected chi connectivity index (χ4v) is 2.30. The molecule has 0 N–H and O–H groups in total. The van der Waals surface area contributed by atoms with E-state index < -0.39 is 16.8 Å². The molecule has 0 spiro atoms. The molecule has 2 aromatic rings. The van der Waals surface area contributed by atoms with Crippen molar-refractivity contribution in [1.82, 2.24) is 8.75 Å². The van der Waals surface area contributed by atoms with Crippen molar-refractivity contribution in [3.63, 3.8) is 0 Å². The molecule has 2 rings (SSSR count). The van der Waals surface area contributed by atoms with Crippen LogP contribution in [-0.4, -0.2) is 55.8 Å². The molecule has 21 heavy (non-hydrogen) atoms. The van der Waals surface area contributed by atoms with Crippen LogP contribution in [0, 0.1) is 21.4 Å². The molecular formula is C11H9N4NaO4S. The van der Waals surface area contributed by atoms with Gasteiger partial charge < -0.3 is 4.74 Å². The number of carbonyl (C=O) groups is 1. The van der Waals surface area contributed by atoms with E-state index in [0.717, 1.165) is 11.7 Å². The zero-order chi connectivity index (χ0) is 14.7. The number of carbonyl (C=O) groups excluding carboxylic acids is 1. The number of rotatable bonds is 4. The van der Waals surface area contributed by atoms with Crippen molar-refractivity contribution in [3.8, 4) is 6.07 Å². The number of non-ortho nitro benzene ring substituents is 1. The van der Waals surface area contributed by atoms with Crippen molar-refractivity contribution in [2.75, 3.05) is 6.61 Å². The van der Waals surface area contributed by atoms with Gasteiger partial charge in [0.05, 0.1) is 29.3 Å². The van der Waals surface area contributed by atoms with E-state index in [4.69, 9.17) is 10.00 Å². The fourth-order valence-electron chi connectivity index (χ4n) is 1.73. The molecule has 0 fully saturated rings. The summed E-state index contributed by atoms with van der Waals surface area (Å²) in [6.45, 7) is 1.77. The molecular weight excluding hydrogens is 307 g/mol. The van der Waals surface area contributed by atoms with Crippen LogP contribution < -0.4 is 0 Å². The van der Waals surface area contributed by atoms with Gasteiger partial charge in [-0.25, -0.2) is 0 Å². The average molecular weight is 316 g/mol. The first-order valence-electron chi connectivity index (χ1n) is 5.56. The number of hydrogen-bond acceptors (Lipinski definition) is 8. The van der Waals surface area contributed by atoms with Crippen LogP contribution in [0.4, 0.5) is 5.69 Å². The number of hydrogen-bond donors (Lipinski definition) is 0. The molecule has 1 atom stereocenters. The Morgan fingerprint density at radius 3 is 2.76 bits per heavy atom. The predicted octanol–water partition coefficient (Wildman–Crippen LogP) is 1.12. The van der Waals surface area contributed by atoms with Gasteiger partial charge >= 0.3 is 35.5 Å². The molecule has 104 valence electrons. The molecule has 0 aliphatic carbocycles. The number of nitro groups is 1. The van der Waals surface area contributed by atoms with Gasteiger partial charge in [-0.2, -0.15) is 14.0 Å². The zero-order valence-electron chi connectivity index (χ0n) is 10.3. The summed E-state index contributed by atoms with van der Waals surface area (Å²) < 4.78 is 12.6. The number of nitro benzene ring substituents is 1. The van der Waals surface area contributed by atoms with Gasteiger partial charge in [0, 0.05) is 11.6 Å². The quantitative estimate of drug-likeness (QED) is 0.359. The van der Waals surface area contributed by atoms with Crippen LogP contribution in [0.5, 0.6) is 0 Å². The maximum atomic E-state index is 11.7. The van der Waals surface area contributed by atoms with E-state index in [-0.39, 0.29) is 58.4 Å². The van der Waals surface area contributed by atoms with Crippen LogP contribution in [0.2, 0.25) is 0 Å². The molecule has 1 unspecified atom stereocenters. The maximum absolute atomic E-state index is 11.7. The van der Waals surface area contributed by atoms with E-state index in [1.165, 1.54) is 12.1 Å².